The van der Waals surface area contributed by atoms with Crippen molar-refractivity contribution in [3.8, 4) is 0 Å². The molecule has 3 rings (SSSR count). The number of nitrogens with one attached hydrogen (secondary N) is 1. The molecule has 0 bridgehead atoms. The summed E-state index contributed by atoms with van der Waals surface area (Å²) in [6.07, 6.45) is 5.02. The smallest absolute Gasteiger partial charge is 0.135 e. The molecule has 0 aromatic carbocycles. The van der Waals surface area contributed by atoms with Gasteiger partial charge in [0.05, 0.1) is 0 Å². The maximum atomic E-state index is 6.01. The molecule has 98 valence electrons. The lowest BCUT2D eigenvalue weighted by Gasteiger charge is -2.07. The number of hydrogen-bond donors (Lipinski definition) is 1. The largest absolute Gasteiger partial charge is 0.370 e. The van der Waals surface area contributed by atoms with E-state index in [0.29, 0.717) is 11.1 Å². The van der Waals surface area contributed by atoms with Gasteiger partial charge in [0, 0.05) is 36.8 Å². The summed E-state index contributed by atoms with van der Waals surface area (Å²) in [5.41, 5.74) is 1.07. The Kier molecular flexibility index (Phi) is 3.60. The highest BCUT2D eigenvalue weighted by Crippen LogP contribution is 2.38. The Hall–Kier alpha value is -1.68. The van der Waals surface area contributed by atoms with E-state index in [1.165, 1.54) is 12.8 Å². The summed E-state index contributed by atoms with van der Waals surface area (Å²) < 4.78 is 0. The van der Waals surface area contributed by atoms with Crippen molar-refractivity contribution in [2.45, 2.75) is 25.2 Å². The summed E-state index contributed by atoms with van der Waals surface area (Å²) in [7, 11) is 0. The fourth-order valence-electron chi connectivity index (χ4n) is 1.91. The van der Waals surface area contributed by atoms with Gasteiger partial charge in [-0.25, -0.2) is 9.97 Å². The molecule has 0 atom stereocenters. The summed E-state index contributed by atoms with van der Waals surface area (Å²) in [6.45, 7) is 0.786. The van der Waals surface area contributed by atoms with E-state index in [0.717, 1.165) is 30.3 Å². The van der Waals surface area contributed by atoms with Gasteiger partial charge in [0.15, 0.2) is 0 Å². The van der Waals surface area contributed by atoms with Crippen LogP contribution in [0.2, 0.25) is 5.15 Å². The molecule has 0 spiro atoms. The second kappa shape index (κ2) is 5.53. The third kappa shape index (κ3) is 3.41. The molecule has 0 radical (unpaired) electrons. The van der Waals surface area contributed by atoms with Gasteiger partial charge < -0.3 is 5.32 Å². The number of rotatable bonds is 5. The predicted molar refractivity (Wildman–Crippen MR) is 75.4 cm³/mol. The number of hydrogen-bond acceptors (Lipinski definition) is 4. The molecule has 0 unspecified atom stereocenters. The molecular weight excluding hydrogens is 260 g/mol. The lowest BCUT2D eigenvalue weighted by Crippen LogP contribution is -2.08. The fourth-order valence-corrected chi connectivity index (χ4v) is 2.10. The highest BCUT2D eigenvalue weighted by Gasteiger charge is 2.27. The highest BCUT2D eigenvalue weighted by atomic mass is 35.5. The van der Waals surface area contributed by atoms with Gasteiger partial charge in [-0.15, -0.1) is 0 Å². The Bertz CT molecular complexity index is 555. The molecule has 0 aliphatic heterocycles. The van der Waals surface area contributed by atoms with Crippen LogP contribution >= 0.6 is 11.6 Å². The third-order valence-corrected chi connectivity index (χ3v) is 3.26. The lowest BCUT2D eigenvalue weighted by atomic mass is 10.3. The van der Waals surface area contributed by atoms with Crippen molar-refractivity contribution in [3.05, 3.63) is 47.1 Å². The Morgan fingerprint density at radius 2 is 2.16 bits per heavy atom. The number of aromatic nitrogens is 3. The topological polar surface area (TPSA) is 50.7 Å². The minimum absolute atomic E-state index is 0.509. The first-order valence-electron chi connectivity index (χ1n) is 6.49. The maximum absolute atomic E-state index is 6.01. The van der Waals surface area contributed by atoms with E-state index >= 15 is 0 Å². The van der Waals surface area contributed by atoms with Crippen molar-refractivity contribution >= 4 is 17.4 Å². The van der Waals surface area contributed by atoms with E-state index in [2.05, 4.69) is 20.3 Å². The summed E-state index contributed by atoms with van der Waals surface area (Å²) in [6, 6.07) is 7.70. The van der Waals surface area contributed by atoms with Crippen molar-refractivity contribution in [2.75, 3.05) is 11.9 Å². The molecule has 2 heterocycles. The van der Waals surface area contributed by atoms with Crippen molar-refractivity contribution in [1.82, 2.24) is 15.0 Å². The van der Waals surface area contributed by atoms with Crippen molar-refractivity contribution in [2.24, 2.45) is 0 Å². The molecule has 4 nitrogen and oxygen atoms in total. The standard InChI is InChI=1S/C14H15ClN4/c15-12-9-13(19-14(18-12)10-4-5-10)17-8-6-11-3-1-2-7-16-11/h1-3,7,9-10H,4-6,8H2,(H,17,18,19). The van der Waals surface area contributed by atoms with Gasteiger partial charge in [-0.2, -0.15) is 0 Å². The van der Waals surface area contributed by atoms with Crippen molar-refractivity contribution in [1.29, 1.82) is 0 Å². The van der Waals surface area contributed by atoms with E-state index in [1.54, 1.807) is 6.07 Å². The predicted octanol–water partition coefficient (Wildman–Crippen LogP) is 3.06. The van der Waals surface area contributed by atoms with Gasteiger partial charge in [0.2, 0.25) is 0 Å². The first-order chi connectivity index (χ1) is 9.31. The van der Waals surface area contributed by atoms with Crippen LogP contribution in [0.3, 0.4) is 0 Å². The number of nitrogens with zero attached hydrogens (tertiary/aromatic N) is 3. The normalized spacial score (nSPS) is 14.4. The summed E-state index contributed by atoms with van der Waals surface area (Å²) >= 11 is 6.01. The Morgan fingerprint density at radius 3 is 2.89 bits per heavy atom. The van der Waals surface area contributed by atoms with Crippen LogP contribution in [0.5, 0.6) is 0 Å². The zero-order valence-electron chi connectivity index (χ0n) is 10.5. The number of pyridine rings is 1. The van der Waals surface area contributed by atoms with Crippen LogP contribution in [0.15, 0.2) is 30.5 Å². The quantitative estimate of drug-likeness (QED) is 0.852. The zero-order valence-corrected chi connectivity index (χ0v) is 11.3. The van der Waals surface area contributed by atoms with Crippen molar-refractivity contribution in [3.63, 3.8) is 0 Å². The molecule has 2 aromatic heterocycles. The van der Waals surface area contributed by atoms with Gasteiger partial charge >= 0.3 is 0 Å². The Labute approximate surface area is 117 Å². The third-order valence-electron chi connectivity index (χ3n) is 3.07. The highest BCUT2D eigenvalue weighted by molar-refractivity contribution is 6.29. The van der Waals surface area contributed by atoms with E-state index in [-0.39, 0.29) is 0 Å². The number of halogens is 1. The van der Waals surface area contributed by atoms with Gasteiger partial charge in [-0.05, 0) is 25.0 Å². The first-order valence-corrected chi connectivity index (χ1v) is 6.87. The zero-order chi connectivity index (χ0) is 13.1. The van der Waals surface area contributed by atoms with Crippen LogP contribution < -0.4 is 5.32 Å². The molecule has 1 N–H and O–H groups in total. The molecule has 1 fully saturated rings. The first kappa shape index (κ1) is 12.4. The molecule has 1 aliphatic rings. The van der Waals surface area contributed by atoms with E-state index in [4.69, 9.17) is 11.6 Å². The number of anilines is 1. The van der Waals surface area contributed by atoms with Crippen LogP contribution in [0.25, 0.3) is 0 Å². The van der Waals surface area contributed by atoms with Crippen LogP contribution in [0.4, 0.5) is 5.82 Å². The Balaban J connectivity index is 1.60. The minimum atomic E-state index is 0.509. The average molecular weight is 275 g/mol. The molecule has 2 aromatic rings. The van der Waals surface area contributed by atoms with E-state index in [1.807, 2.05) is 24.4 Å². The van der Waals surface area contributed by atoms with Crippen LogP contribution in [0.1, 0.15) is 30.3 Å². The monoisotopic (exact) mass is 274 g/mol. The molecule has 5 heteroatoms. The summed E-state index contributed by atoms with van der Waals surface area (Å²) in [4.78, 5) is 13.0. The van der Waals surface area contributed by atoms with Gasteiger partial charge in [-0.1, -0.05) is 17.7 Å². The molecular formula is C14H15ClN4. The summed E-state index contributed by atoms with van der Waals surface area (Å²) in [5, 5.41) is 3.79. The lowest BCUT2D eigenvalue weighted by molar-refractivity contribution is 0.907. The van der Waals surface area contributed by atoms with Crippen LogP contribution in [-0.2, 0) is 6.42 Å². The second-order valence-electron chi connectivity index (χ2n) is 4.71. The van der Waals surface area contributed by atoms with Gasteiger partial charge in [0.1, 0.15) is 16.8 Å². The average Bonchev–Trinajstić information content (AvgIpc) is 3.24. The molecule has 19 heavy (non-hydrogen) atoms. The minimum Gasteiger partial charge on any atom is -0.370 e. The SMILES string of the molecule is Clc1cc(NCCc2ccccn2)nc(C2CC2)n1. The molecule has 1 aliphatic carbocycles. The Morgan fingerprint density at radius 1 is 1.26 bits per heavy atom. The maximum Gasteiger partial charge on any atom is 0.135 e. The van der Waals surface area contributed by atoms with E-state index in [9.17, 15) is 0 Å². The second-order valence-corrected chi connectivity index (χ2v) is 5.09. The van der Waals surface area contributed by atoms with Crippen LogP contribution in [0, 0.1) is 0 Å². The molecule has 0 amide bonds. The summed E-state index contributed by atoms with van der Waals surface area (Å²) in [5.74, 6) is 2.18. The fraction of sp³-hybridized carbons (Fsp3) is 0.357. The van der Waals surface area contributed by atoms with E-state index < -0.39 is 0 Å². The molecule has 0 saturated heterocycles. The van der Waals surface area contributed by atoms with Crippen LogP contribution in [-0.4, -0.2) is 21.5 Å². The molecule has 1 saturated carbocycles. The van der Waals surface area contributed by atoms with Crippen molar-refractivity contribution < 1.29 is 0 Å². The van der Waals surface area contributed by atoms with Gasteiger partial charge in [0.25, 0.3) is 0 Å². The van der Waals surface area contributed by atoms with Gasteiger partial charge in [-0.3, -0.25) is 4.98 Å².